The Kier molecular flexibility index (Phi) is 3.11. The first-order valence-electron chi connectivity index (χ1n) is 6.45. The van der Waals surface area contributed by atoms with Crippen molar-refractivity contribution in [3.05, 3.63) is 23.8 Å². The summed E-state index contributed by atoms with van der Waals surface area (Å²) in [5.41, 5.74) is 0.520. The summed E-state index contributed by atoms with van der Waals surface area (Å²) in [6.07, 6.45) is 0.885. The van der Waals surface area contributed by atoms with Crippen LogP contribution in [-0.4, -0.2) is 42.9 Å². The third-order valence-corrected chi connectivity index (χ3v) is 3.40. The summed E-state index contributed by atoms with van der Waals surface area (Å²) in [4.78, 5) is 25.4. The average Bonchev–Trinajstić information content (AvgIpc) is 2.47. The quantitative estimate of drug-likeness (QED) is 0.763. The maximum Gasteiger partial charge on any atom is 0.257 e. The molecule has 1 saturated heterocycles. The second kappa shape index (κ2) is 4.91. The van der Waals surface area contributed by atoms with Crippen molar-refractivity contribution >= 4 is 11.7 Å². The lowest BCUT2D eigenvalue weighted by Crippen LogP contribution is -2.39. The number of para-hydroxylation sites is 1. The van der Waals surface area contributed by atoms with E-state index in [1.807, 2.05) is 0 Å². The molecule has 1 fully saturated rings. The molecular weight excluding hydrogens is 246 g/mol. The van der Waals surface area contributed by atoms with Gasteiger partial charge in [0.25, 0.3) is 5.91 Å². The maximum atomic E-state index is 12.5. The van der Waals surface area contributed by atoms with Crippen molar-refractivity contribution in [1.82, 2.24) is 4.90 Å². The zero-order chi connectivity index (χ0) is 13.2. The SMILES string of the molecule is O=C1CCN(C(=O)c2cccc3c2OCCO3)CC1. The Balaban J connectivity index is 1.85. The fourth-order valence-corrected chi connectivity index (χ4v) is 2.37. The zero-order valence-corrected chi connectivity index (χ0v) is 10.6. The molecule has 2 aliphatic heterocycles. The number of carbonyl (C=O) groups is 2. The molecule has 0 aromatic heterocycles. The third-order valence-electron chi connectivity index (χ3n) is 3.40. The van der Waals surface area contributed by atoms with E-state index in [2.05, 4.69) is 0 Å². The van der Waals surface area contributed by atoms with Crippen LogP contribution in [0.15, 0.2) is 18.2 Å². The predicted octanol–water partition coefficient (Wildman–Crippen LogP) is 1.26. The summed E-state index contributed by atoms with van der Waals surface area (Å²) < 4.78 is 11.0. The standard InChI is InChI=1S/C14H15NO4/c16-10-4-6-15(7-5-10)14(17)11-2-1-3-12-13(11)19-9-8-18-12/h1-3H,4-9H2. The Morgan fingerprint density at radius 3 is 2.63 bits per heavy atom. The molecule has 0 aliphatic carbocycles. The molecule has 3 rings (SSSR count). The van der Waals surface area contributed by atoms with E-state index in [0.29, 0.717) is 56.2 Å². The Morgan fingerprint density at radius 1 is 1.11 bits per heavy atom. The Labute approximate surface area is 111 Å². The lowest BCUT2D eigenvalue weighted by molar-refractivity contribution is -0.120. The van der Waals surface area contributed by atoms with Gasteiger partial charge in [-0.2, -0.15) is 0 Å². The molecular formula is C14H15NO4. The molecule has 0 radical (unpaired) electrons. The van der Waals surface area contributed by atoms with E-state index < -0.39 is 0 Å². The molecule has 1 aromatic rings. The van der Waals surface area contributed by atoms with Crippen molar-refractivity contribution in [3.63, 3.8) is 0 Å². The summed E-state index contributed by atoms with van der Waals surface area (Å²) in [5.74, 6) is 1.27. The molecule has 1 aromatic carbocycles. The molecule has 100 valence electrons. The highest BCUT2D eigenvalue weighted by Gasteiger charge is 2.26. The summed E-state index contributed by atoms with van der Waals surface area (Å²) in [5, 5.41) is 0. The van der Waals surface area contributed by atoms with Crippen molar-refractivity contribution in [3.8, 4) is 11.5 Å². The second-order valence-corrected chi connectivity index (χ2v) is 4.66. The van der Waals surface area contributed by atoms with Gasteiger partial charge in [0.15, 0.2) is 11.5 Å². The molecule has 5 nitrogen and oxygen atoms in total. The first kappa shape index (κ1) is 12.0. The van der Waals surface area contributed by atoms with Gasteiger partial charge >= 0.3 is 0 Å². The normalized spacial score (nSPS) is 18.3. The maximum absolute atomic E-state index is 12.5. The van der Waals surface area contributed by atoms with Crippen LogP contribution in [0.4, 0.5) is 0 Å². The van der Waals surface area contributed by atoms with Crippen LogP contribution in [0, 0.1) is 0 Å². The largest absolute Gasteiger partial charge is 0.486 e. The van der Waals surface area contributed by atoms with Gasteiger partial charge in [0.2, 0.25) is 0 Å². The number of hydrogen-bond donors (Lipinski definition) is 0. The number of likely N-dealkylation sites (tertiary alicyclic amines) is 1. The number of benzene rings is 1. The number of piperidine rings is 1. The monoisotopic (exact) mass is 261 g/mol. The minimum absolute atomic E-state index is 0.0881. The van der Waals surface area contributed by atoms with Gasteiger partial charge in [-0.05, 0) is 12.1 Å². The van der Waals surface area contributed by atoms with E-state index in [4.69, 9.17) is 9.47 Å². The van der Waals surface area contributed by atoms with Crippen LogP contribution in [0.5, 0.6) is 11.5 Å². The minimum Gasteiger partial charge on any atom is -0.486 e. The number of fused-ring (bicyclic) bond motifs is 1. The van der Waals surface area contributed by atoms with E-state index in [1.54, 1.807) is 23.1 Å². The zero-order valence-electron chi connectivity index (χ0n) is 10.6. The Bertz CT molecular complexity index is 516. The Morgan fingerprint density at radius 2 is 1.84 bits per heavy atom. The number of carbonyl (C=O) groups excluding carboxylic acids is 2. The highest BCUT2D eigenvalue weighted by molar-refractivity contribution is 5.98. The van der Waals surface area contributed by atoms with Crippen LogP contribution >= 0.6 is 0 Å². The highest BCUT2D eigenvalue weighted by atomic mass is 16.6. The number of ketones is 1. The number of Topliss-reactive ketones (excluding diaryl/α,β-unsaturated/α-hetero) is 1. The minimum atomic E-state index is -0.0881. The van der Waals surface area contributed by atoms with Gasteiger partial charge < -0.3 is 14.4 Å². The van der Waals surface area contributed by atoms with Gasteiger partial charge in [-0.15, -0.1) is 0 Å². The van der Waals surface area contributed by atoms with Gasteiger partial charge in [-0.3, -0.25) is 9.59 Å². The molecule has 5 heteroatoms. The summed E-state index contributed by atoms with van der Waals surface area (Å²) in [6.45, 7) is 1.93. The number of nitrogens with zero attached hydrogens (tertiary/aromatic N) is 1. The van der Waals surface area contributed by atoms with Crippen LogP contribution < -0.4 is 9.47 Å². The molecule has 19 heavy (non-hydrogen) atoms. The molecule has 0 N–H and O–H groups in total. The van der Waals surface area contributed by atoms with Gasteiger partial charge in [0.1, 0.15) is 19.0 Å². The fraction of sp³-hybridized carbons (Fsp3) is 0.429. The van der Waals surface area contributed by atoms with Gasteiger partial charge in [0, 0.05) is 25.9 Å². The van der Waals surface area contributed by atoms with Crippen molar-refractivity contribution in [1.29, 1.82) is 0 Å². The van der Waals surface area contributed by atoms with E-state index in [0.717, 1.165) is 0 Å². The van der Waals surface area contributed by atoms with Gasteiger partial charge in [0.05, 0.1) is 5.56 Å². The third kappa shape index (κ3) is 2.28. The van der Waals surface area contributed by atoms with Gasteiger partial charge in [-0.25, -0.2) is 0 Å². The van der Waals surface area contributed by atoms with Crippen molar-refractivity contribution in [2.75, 3.05) is 26.3 Å². The molecule has 0 spiro atoms. The average molecular weight is 261 g/mol. The van der Waals surface area contributed by atoms with Crippen LogP contribution in [0.25, 0.3) is 0 Å². The smallest absolute Gasteiger partial charge is 0.257 e. The van der Waals surface area contributed by atoms with Crippen LogP contribution in [0.1, 0.15) is 23.2 Å². The molecule has 0 bridgehead atoms. The van der Waals surface area contributed by atoms with Crippen LogP contribution in [0.3, 0.4) is 0 Å². The van der Waals surface area contributed by atoms with E-state index in [1.165, 1.54) is 0 Å². The van der Waals surface area contributed by atoms with E-state index >= 15 is 0 Å². The second-order valence-electron chi connectivity index (χ2n) is 4.66. The first-order valence-corrected chi connectivity index (χ1v) is 6.45. The molecule has 0 atom stereocenters. The lowest BCUT2D eigenvalue weighted by atomic mass is 10.1. The topological polar surface area (TPSA) is 55.8 Å². The lowest BCUT2D eigenvalue weighted by Gasteiger charge is -2.28. The molecule has 0 unspecified atom stereocenters. The fourth-order valence-electron chi connectivity index (χ4n) is 2.37. The number of amides is 1. The van der Waals surface area contributed by atoms with Crippen LogP contribution in [0.2, 0.25) is 0 Å². The summed E-state index contributed by atoms with van der Waals surface area (Å²) >= 11 is 0. The van der Waals surface area contributed by atoms with Crippen molar-refractivity contribution in [2.45, 2.75) is 12.8 Å². The highest BCUT2D eigenvalue weighted by Crippen LogP contribution is 2.34. The van der Waals surface area contributed by atoms with Gasteiger partial charge in [-0.1, -0.05) is 6.07 Å². The summed E-state index contributed by atoms with van der Waals surface area (Å²) in [6, 6.07) is 5.33. The van der Waals surface area contributed by atoms with E-state index in [-0.39, 0.29) is 11.7 Å². The predicted molar refractivity (Wildman–Crippen MR) is 67.6 cm³/mol. The Hall–Kier alpha value is -2.04. The molecule has 2 heterocycles. The number of ether oxygens (including phenoxy) is 2. The number of rotatable bonds is 1. The van der Waals surface area contributed by atoms with Crippen LogP contribution in [-0.2, 0) is 4.79 Å². The number of hydrogen-bond acceptors (Lipinski definition) is 4. The van der Waals surface area contributed by atoms with Crippen molar-refractivity contribution < 1.29 is 19.1 Å². The molecule has 0 saturated carbocycles. The first-order chi connectivity index (χ1) is 9.25. The molecule has 1 amide bonds. The van der Waals surface area contributed by atoms with Crippen molar-refractivity contribution in [2.24, 2.45) is 0 Å². The summed E-state index contributed by atoms with van der Waals surface area (Å²) in [7, 11) is 0. The molecule has 2 aliphatic rings. The van der Waals surface area contributed by atoms with E-state index in [9.17, 15) is 9.59 Å².